The van der Waals surface area contributed by atoms with Gasteiger partial charge in [-0.1, -0.05) is 25.5 Å². The molecule has 0 unspecified atom stereocenters. The maximum absolute atomic E-state index is 11.8. The predicted molar refractivity (Wildman–Crippen MR) is 79.9 cm³/mol. The SMILES string of the molecule is CCCCOC(=O)Cn1c(=N)n(C)c2ccccc21.Cl. The fourth-order valence-electron chi connectivity index (χ4n) is 2.05. The van der Waals surface area contributed by atoms with Crippen molar-refractivity contribution in [2.24, 2.45) is 7.05 Å². The summed E-state index contributed by atoms with van der Waals surface area (Å²) >= 11 is 0. The quantitative estimate of drug-likeness (QED) is 0.679. The Hall–Kier alpha value is -1.75. The first kappa shape index (κ1) is 16.3. The number of carbonyl (C=O) groups excluding carboxylic acids is 1. The number of fused-ring (bicyclic) bond motifs is 1. The number of hydrogen-bond acceptors (Lipinski definition) is 3. The van der Waals surface area contributed by atoms with Gasteiger partial charge in [0.05, 0.1) is 17.6 Å². The molecule has 2 rings (SSSR count). The van der Waals surface area contributed by atoms with Gasteiger partial charge in [0.2, 0.25) is 5.62 Å². The molecule has 0 aliphatic carbocycles. The summed E-state index contributed by atoms with van der Waals surface area (Å²) in [7, 11) is 1.82. The van der Waals surface area contributed by atoms with Crippen LogP contribution in [0.3, 0.4) is 0 Å². The topological polar surface area (TPSA) is 60.0 Å². The van der Waals surface area contributed by atoms with Gasteiger partial charge in [-0.3, -0.25) is 14.8 Å². The van der Waals surface area contributed by atoms with Crippen LogP contribution in [0.5, 0.6) is 0 Å². The number of carbonyl (C=O) groups is 1. The van der Waals surface area contributed by atoms with Crippen LogP contribution in [-0.4, -0.2) is 21.7 Å². The molecule has 0 radical (unpaired) electrons. The van der Waals surface area contributed by atoms with E-state index in [4.69, 9.17) is 10.1 Å². The number of para-hydroxylation sites is 2. The second-order valence-corrected chi connectivity index (χ2v) is 4.53. The molecular formula is C14H20ClN3O2. The van der Waals surface area contributed by atoms with Gasteiger partial charge >= 0.3 is 5.97 Å². The molecule has 0 atom stereocenters. The highest BCUT2D eigenvalue weighted by atomic mass is 35.5. The van der Waals surface area contributed by atoms with Crippen LogP contribution >= 0.6 is 12.4 Å². The van der Waals surface area contributed by atoms with Crippen LogP contribution in [0.15, 0.2) is 24.3 Å². The predicted octanol–water partition coefficient (Wildman–Crippen LogP) is 2.22. The molecule has 0 aliphatic rings. The Morgan fingerprint density at radius 2 is 1.95 bits per heavy atom. The molecule has 1 aromatic carbocycles. The lowest BCUT2D eigenvalue weighted by Gasteiger charge is -2.05. The number of ether oxygens (including phenoxy) is 1. The molecule has 1 heterocycles. The van der Waals surface area contributed by atoms with E-state index in [0.717, 1.165) is 23.9 Å². The van der Waals surface area contributed by atoms with E-state index in [1.165, 1.54) is 0 Å². The number of aryl methyl sites for hydroxylation is 1. The van der Waals surface area contributed by atoms with Gasteiger partial charge in [-0.2, -0.15) is 0 Å². The maximum atomic E-state index is 11.8. The first-order valence-corrected chi connectivity index (χ1v) is 6.49. The van der Waals surface area contributed by atoms with Gasteiger partial charge in [-0.25, -0.2) is 0 Å². The van der Waals surface area contributed by atoms with Crippen LogP contribution in [-0.2, 0) is 23.1 Å². The normalized spacial score (nSPS) is 10.3. The third-order valence-electron chi connectivity index (χ3n) is 3.16. The molecule has 110 valence electrons. The number of rotatable bonds is 5. The van der Waals surface area contributed by atoms with Crippen molar-refractivity contribution in [2.45, 2.75) is 26.3 Å². The highest BCUT2D eigenvalue weighted by Gasteiger charge is 2.11. The van der Waals surface area contributed by atoms with Crippen LogP contribution in [0, 0.1) is 5.41 Å². The largest absolute Gasteiger partial charge is 0.464 e. The summed E-state index contributed by atoms with van der Waals surface area (Å²) in [5, 5.41) is 8.05. The number of unbranched alkanes of at least 4 members (excludes halogenated alkanes) is 1. The lowest BCUT2D eigenvalue weighted by Crippen LogP contribution is -2.26. The van der Waals surface area contributed by atoms with E-state index in [1.54, 1.807) is 9.13 Å². The molecule has 1 aromatic heterocycles. The van der Waals surface area contributed by atoms with E-state index in [1.807, 2.05) is 31.3 Å². The molecule has 0 amide bonds. The van der Waals surface area contributed by atoms with Crippen molar-refractivity contribution in [3.63, 3.8) is 0 Å². The number of hydrogen-bond donors (Lipinski definition) is 1. The second-order valence-electron chi connectivity index (χ2n) is 4.53. The average Bonchev–Trinajstić information content (AvgIpc) is 2.65. The standard InChI is InChI=1S/C14H19N3O2.ClH/c1-3-4-9-19-13(18)10-17-12-8-6-5-7-11(12)16(2)14(17)15;/h5-8,15H,3-4,9-10H2,1-2H3;1H. The minimum atomic E-state index is -0.289. The van der Waals surface area contributed by atoms with E-state index in [2.05, 4.69) is 6.92 Å². The Labute approximate surface area is 124 Å². The Morgan fingerprint density at radius 3 is 2.60 bits per heavy atom. The minimum Gasteiger partial charge on any atom is -0.464 e. The minimum absolute atomic E-state index is 0. The lowest BCUT2D eigenvalue weighted by atomic mass is 10.3. The molecule has 0 fully saturated rings. The van der Waals surface area contributed by atoms with Crippen molar-refractivity contribution in [3.8, 4) is 0 Å². The maximum Gasteiger partial charge on any atom is 0.326 e. The average molecular weight is 298 g/mol. The Kier molecular flexibility index (Phi) is 5.82. The van der Waals surface area contributed by atoms with Crippen LogP contribution in [0.1, 0.15) is 19.8 Å². The van der Waals surface area contributed by atoms with E-state index < -0.39 is 0 Å². The molecule has 6 heteroatoms. The summed E-state index contributed by atoms with van der Waals surface area (Å²) in [4.78, 5) is 11.8. The molecular weight excluding hydrogens is 278 g/mol. The van der Waals surface area contributed by atoms with Crippen molar-refractivity contribution >= 4 is 29.4 Å². The van der Waals surface area contributed by atoms with Gasteiger partial charge in [-0.05, 0) is 18.6 Å². The van der Waals surface area contributed by atoms with Crippen molar-refractivity contribution in [1.82, 2.24) is 9.13 Å². The molecule has 0 aliphatic heterocycles. The zero-order valence-electron chi connectivity index (χ0n) is 11.8. The molecule has 5 nitrogen and oxygen atoms in total. The molecule has 20 heavy (non-hydrogen) atoms. The monoisotopic (exact) mass is 297 g/mol. The van der Waals surface area contributed by atoms with Crippen molar-refractivity contribution in [3.05, 3.63) is 29.9 Å². The molecule has 0 saturated carbocycles. The first-order valence-electron chi connectivity index (χ1n) is 6.49. The molecule has 0 saturated heterocycles. The lowest BCUT2D eigenvalue weighted by molar-refractivity contribution is -0.144. The van der Waals surface area contributed by atoms with Crippen molar-refractivity contribution in [1.29, 1.82) is 5.41 Å². The summed E-state index contributed by atoms with van der Waals surface area (Å²) in [6.45, 7) is 2.59. The van der Waals surface area contributed by atoms with E-state index >= 15 is 0 Å². The molecule has 0 bridgehead atoms. The van der Waals surface area contributed by atoms with Gasteiger partial charge in [0.1, 0.15) is 6.54 Å². The fourth-order valence-corrected chi connectivity index (χ4v) is 2.05. The summed E-state index contributed by atoms with van der Waals surface area (Å²) in [5.74, 6) is -0.289. The smallest absolute Gasteiger partial charge is 0.326 e. The number of halogens is 1. The van der Waals surface area contributed by atoms with E-state index in [-0.39, 0.29) is 24.9 Å². The second kappa shape index (κ2) is 7.14. The zero-order valence-corrected chi connectivity index (χ0v) is 12.6. The summed E-state index contributed by atoms with van der Waals surface area (Å²) in [6.07, 6.45) is 1.87. The number of esters is 1. The first-order chi connectivity index (χ1) is 9.15. The van der Waals surface area contributed by atoms with Crippen molar-refractivity contribution < 1.29 is 9.53 Å². The summed E-state index contributed by atoms with van der Waals surface area (Å²) in [6, 6.07) is 7.67. The van der Waals surface area contributed by atoms with Crippen LogP contribution < -0.4 is 5.62 Å². The van der Waals surface area contributed by atoms with Crippen LogP contribution in [0.25, 0.3) is 11.0 Å². The van der Waals surface area contributed by atoms with Gasteiger partial charge in [0.15, 0.2) is 0 Å². The molecule has 0 spiro atoms. The van der Waals surface area contributed by atoms with Crippen molar-refractivity contribution in [2.75, 3.05) is 6.61 Å². The highest BCUT2D eigenvalue weighted by molar-refractivity contribution is 5.85. The Morgan fingerprint density at radius 1 is 1.30 bits per heavy atom. The number of nitrogens with zero attached hydrogens (tertiary/aromatic N) is 2. The number of aromatic nitrogens is 2. The molecule has 2 aromatic rings. The number of benzene rings is 1. The number of imidazole rings is 1. The molecule has 1 N–H and O–H groups in total. The highest BCUT2D eigenvalue weighted by Crippen LogP contribution is 2.11. The van der Waals surface area contributed by atoms with E-state index in [9.17, 15) is 4.79 Å². The summed E-state index contributed by atoms with van der Waals surface area (Å²) < 4.78 is 8.58. The Balaban J connectivity index is 0.00000200. The Bertz CT molecular complexity index is 645. The zero-order chi connectivity index (χ0) is 13.8. The fraction of sp³-hybridized carbons (Fsp3) is 0.429. The third-order valence-corrected chi connectivity index (χ3v) is 3.16. The van der Waals surface area contributed by atoms with Gasteiger partial charge in [0, 0.05) is 7.05 Å². The van der Waals surface area contributed by atoms with Crippen LogP contribution in [0.2, 0.25) is 0 Å². The van der Waals surface area contributed by atoms with Gasteiger partial charge < -0.3 is 9.30 Å². The van der Waals surface area contributed by atoms with Gasteiger partial charge in [0.25, 0.3) is 0 Å². The van der Waals surface area contributed by atoms with Gasteiger partial charge in [-0.15, -0.1) is 12.4 Å². The van der Waals surface area contributed by atoms with Crippen LogP contribution in [0.4, 0.5) is 0 Å². The summed E-state index contributed by atoms with van der Waals surface area (Å²) in [5.41, 5.74) is 2.12. The third kappa shape index (κ3) is 3.22. The number of nitrogens with one attached hydrogen (secondary N) is 1. The van der Waals surface area contributed by atoms with E-state index in [0.29, 0.717) is 12.2 Å².